The molecule has 0 fully saturated rings. The number of benzene rings is 2. The zero-order chi connectivity index (χ0) is 15.2. The van der Waals surface area contributed by atoms with Gasteiger partial charge >= 0.3 is 0 Å². The lowest BCUT2D eigenvalue weighted by Crippen LogP contribution is -2.37. The summed E-state index contributed by atoms with van der Waals surface area (Å²) >= 11 is 0. The number of phenols is 1. The van der Waals surface area contributed by atoms with Crippen molar-refractivity contribution < 1.29 is 9.90 Å². The van der Waals surface area contributed by atoms with Gasteiger partial charge in [0.15, 0.2) is 0 Å². The third-order valence-electron chi connectivity index (χ3n) is 3.38. The Kier molecular flexibility index (Phi) is 4.95. The summed E-state index contributed by atoms with van der Waals surface area (Å²) in [6.07, 6.45) is 1.28. The average molecular weight is 284 g/mol. The van der Waals surface area contributed by atoms with Crippen LogP contribution in [-0.2, 0) is 17.6 Å². The molecule has 4 heteroatoms. The van der Waals surface area contributed by atoms with Crippen LogP contribution in [0.2, 0.25) is 0 Å². The van der Waals surface area contributed by atoms with Gasteiger partial charge in [0.05, 0.1) is 6.04 Å². The van der Waals surface area contributed by atoms with Crippen molar-refractivity contribution in [3.05, 3.63) is 59.7 Å². The molecule has 0 bridgehead atoms. The molecule has 0 aliphatic rings. The second-order valence-electron chi connectivity index (χ2n) is 4.98. The van der Waals surface area contributed by atoms with Gasteiger partial charge in [-0.1, -0.05) is 37.3 Å². The molecular weight excluding hydrogens is 264 g/mol. The average Bonchev–Trinajstić information content (AvgIpc) is 2.50. The summed E-state index contributed by atoms with van der Waals surface area (Å²) in [5.74, 6) is -0.00220. The van der Waals surface area contributed by atoms with Gasteiger partial charge in [-0.25, -0.2) is 0 Å². The standard InChI is InChI=1S/C17H20N2O2/c1-2-13-5-3-4-6-16(13)19-17(21)15(18)11-12-7-9-14(20)10-8-12/h3-10,15,20H,2,11,18H2,1H3,(H,19,21)/t15-/m0/s1. The molecule has 0 saturated carbocycles. The zero-order valence-corrected chi connectivity index (χ0v) is 12.0. The van der Waals surface area contributed by atoms with Crippen LogP contribution in [0.4, 0.5) is 5.69 Å². The first-order valence-electron chi connectivity index (χ1n) is 7.02. The van der Waals surface area contributed by atoms with E-state index in [9.17, 15) is 9.90 Å². The predicted molar refractivity (Wildman–Crippen MR) is 84.2 cm³/mol. The number of amides is 1. The minimum Gasteiger partial charge on any atom is -0.508 e. The molecule has 1 atom stereocenters. The molecule has 2 rings (SSSR count). The number of para-hydroxylation sites is 1. The van der Waals surface area contributed by atoms with Gasteiger partial charge in [0.1, 0.15) is 5.75 Å². The summed E-state index contributed by atoms with van der Waals surface area (Å²) in [6.45, 7) is 2.04. The van der Waals surface area contributed by atoms with Crippen molar-refractivity contribution >= 4 is 11.6 Å². The number of rotatable bonds is 5. The molecule has 0 saturated heterocycles. The second kappa shape index (κ2) is 6.90. The van der Waals surface area contributed by atoms with Crippen LogP contribution in [0.1, 0.15) is 18.1 Å². The Hall–Kier alpha value is -2.33. The molecule has 2 aromatic carbocycles. The summed E-state index contributed by atoms with van der Waals surface area (Å²) in [7, 11) is 0. The number of phenolic OH excluding ortho intramolecular Hbond substituents is 1. The molecule has 4 nitrogen and oxygen atoms in total. The van der Waals surface area contributed by atoms with Crippen molar-refractivity contribution in [2.24, 2.45) is 5.73 Å². The van der Waals surface area contributed by atoms with Crippen molar-refractivity contribution in [2.75, 3.05) is 5.32 Å². The molecule has 1 amide bonds. The highest BCUT2D eigenvalue weighted by molar-refractivity contribution is 5.95. The van der Waals surface area contributed by atoms with E-state index in [0.29, 0.717) is 6.42 Å². The van der Waals surface area contributed by atoms with Crippen LogP contribution < -0.4 is 11.1 Å². The number of aryl methyl sites for hydroxylation is 1. The molecule has 0 aliphatic carbocycles. The van der Waals surface area contributed by atoms with Gasteiger partial charge in [0.25, 0.3) is 0 Å². The normalized spacial score (nSPS) is 11.9. The monoisotopic (exact) mass is 284 g/mol. The largest absolute Gasteiger partial charge is 0.508 e. The lowest BCUT2D eigenvalue weighted by Gasteiger charge is -2.14. The van der Waals surface area contributed by atoms with E-state index in [-0.39, 0.29) is 11.7 Å². The minimum absolute atomic E-state index is 0.202. The highest BCUT2D eigenvalue weighted by Gasteiger charge is 2.15. The minimum atomic E-state index is -0.626. The molecule has 21 heavy (non-hydrogen) atoms. The first-order valence-corrected chi connectivity index (χ1v) is 7.02. The molecule has 0 radical (unpaired) electrons. The summed E-state index contributed by atoms with van der Waals surface area (Å²) in [6, 6.07) is 13.8. The maximum Gasteiger partial charge on any atom is 0.241 e. The Morgan fingerprint density at radius 3 is 2.52 bits per heavy atom. The highest BCUT2D eigenvalue weighted by Crippen LogP contribution is 2.16. The molecule has 0 aromatic heterocycles. The van der Waals surface area contributed by atoms with Crippen molar-refractivity contribution in [1.82, 2.24) is 0 Å². The molecule has 0 unspecified atom stereocenters. The summed E-state index contributed by atoms with van der Waals surface area (Å²) in [5.41, 5.74) is 8.77. The molecule has 0 heterocycles. The maximum atomic E-state index is 12.2. The van der Waals surface area contributed by atoms with Crippen LogP contribution in [0.3, 0.4) is 0 Å². The Morgan fingerprint density at radius 2 is 1.86 bits per heavy atom. The van der Waals surface area contributed by atoms with Gasteiger partial charge < -0.3 is 16.2 Å². The first kappa shape index (κ1) is 15.1. The fraction of sp³-hybridized carbons (Fsp3) is 0.235. The lowest BCUT2D eigenvalue weighted by atomic mass is 10.1. The van der Waals surface area contributed by atoms with Crippen molar-refractivity contribution in [1.29, 1.82) is 0 Å². The molecular formula is C17H20N2O2. The van der Waals surface area contributed by atoms with E-state index >= 15 is 0 Å². The number of nitrogens with one attached hydrogen (secondary N) is 1. The zero-order valence-electron chi connectivity index (χ0n) is 12.0. The van der Waals surface area contributed by atoms with Gasteiger partial charge in [-0.2, -0.15) is 0 Å². The first-order chi connectivity index (χ1) is 10.1. The van der Waals surface area contributed by atoms with E-state index in [1.165, 1.54) is 0 Å². The number of carbonyl (C=O) groups is 1. The molecule has 0 spiro atoms. The molecule has 0 aliphatic heterocycles. The van der Waals surface area contributed by atoms with E-state index in [2.05, 4.69) is 5.32 Å². The number of carbonyl (C=O) groups excluding carboxylic acids is 1. The van der Waals surface area contributed by atoms with Gasteiger partial charge in [-0.3, -0.25) is 4.79 Å². The SMILES string of the molecule is CCc1ccccc1NC(=O)[C@@H](N)Cc1ccc(O)cc1. The van der Waals surface area contributed by atoms with Crippen LogP contribution in [0.15, 0.2) is 48.5 Å². The summed E-state index contributed by atoms with van der Waals surface area (Å²) in [5, 5.41) is 12.1. The Morgan fingerprint density at radius 1 is 1.19 bits per heavy atom. The van der Waals surface area contributed by atoms with Crippen molar-refractivity contribution in [3.8, 4) is 5.75 Å². The molecule has 2 aromatic rings. The van der Waals surface area contributed by atoms with E-state index in [0.717, 1.165) is 23.2 Å². The van der Waals surface area contributed by atoms with Crippen LogP contribution in [-0.4, -0.2) is 17.1 Å². The Balaban J connectivity index is 2.01. The molecule has 110 valence electrons. The fourth-order valence-electron chi connectivity index (χ4n) is 2.15. The van der Waals surface area contributed by atoms with Gasteiger partial charge in [0.2, 0.25) is 5.91 Å². The number of anilines is 1. The number of nitrogens with two attached hydrogens (primary N) is 1. The molecule has 4 N–H and O–H groups in total. The van der Waals surface area contributed by atoms with E-state index in [1.54, 1.807) is 24.3 Å². The van der Waals surface area contributed by atoms with Crippen LogP contribution >= 0.6 is 0 Å². The van der Waals surface area contributed by atoms with E-state index in [4.69, 9.17) is 5.73 Å². The van der Waals surface area contributed by atoms with Crippen molar-refractivity contribution in [2.45, 2.75) is 25.8 Å². The van der Waals surface area contributed by atoms with Gasteiger partial charge in [-0.05, 0) is 42.2 Å². The number of hydrogen-bond acceptors (Lipinski definition) is 3. The predicted octanol–water partition coefficient (Wildman–Crippen LogP) is 2.46. The van der Waals surface area contributed by atoms with Gasteiger partial charge in [-0.15, -0.1) is 0 Å². The third kappa shape index (κ3) is 4.07. The van der Waals surface area contributed by atoms with Crippen LogP contribution in [0, 0.1) is 0 Å². The smallest absolute Gasteiger partial charge is 0.241 e. The van der Waals surface area contributed by atoms with Gasteiger partial charge in [0, 0.05) is 5.69 Å². The third-order valence-corrected chi connectivity index (χ3v) is 3.38. The maximum absolute atomic E-state index is 12.2. The topological polar surface area (TPSA) is 75.4 Å². The van der Waals surface area contributed by atoms with E-state index < -0.39 is 6.04 Å². The second-order valence-corrected chi connectivity index (χ2v) is 4.98. The number of hydrogen-bond donors (Lipinski definition) is 3. The Labute approximate surface area is 124 Å². The summed E-state index contributed by atoms with van der Waals surface area (Å²) in [4.78, 5) is 12.2. The van der Waals surface area contributed by atoms with Crippen molar-refractivity contribution in [3.63, 3.8) is 0 Å². The Bertz CT molecular complexity index is 608. The van der Waals surface area contributed by atoms with Crippen LogP contribution in [0.25, 0.3) is 0 Å². The lowest BCUT2D eigenvalue weighted by molar-refractivity contribution is -0.117. The number of aromatic hydroxyl groups is 1. The summed E-state index contributed by atoms with van der Waals surface area (Å²) < 4.78 is 0. The highest BCUT2D eigenvalue weighted by atomic mass is 16.3. The fourth-order valence-corrected chi connectivity index (χ4v) is 2.15. The quantitative estimate of drug-likeness (QED) is 0.789. The van der Waals surface area contributed by atoms with E-state index in [1.807, 2.05) is 31.2 Å². The van der Waals surface area contributed by atoms with Crippen LogP contribution in [0.5, 0.6) is 5.75 Å².